The van der Waals surface area contributed by atoms with Gasteiger partial charge in [0.05, 0.1) is 25.6 Å². The molecule has 0 fully saturated rings. The quantitative estimate of drug-likeness (QED) is 0.876. The van der Waals surface area contributed by atoms with E-state index >= 15 is 0 Å². The molecular formula is C19H22N2O4. The molecule has 0 heterocycles. The Kier molecular flexibility index (Phi) is 6.00. The van der Waals surface area contributed by atoms with Crippen molar-refractivity contribution in [3.05, 3.63) is 48.0 Å². The van der Waals surface area contributed by atoms with Gasteiger partial charge in [0.25, 0.3) is 0 Å². The first kappa shape index (κ1) is 18.3. The van der Waals surface area contributed by atoms with Gasteiger partial charge in [-0.05, 0) is 36.8 Å². The van der Waals surface area contributed by atoms with Crippen LogP contribution < -0.4 is 19.7 Å². The molecule has 2 aromatic rings. The van der Waals surface area contributed by atoms with Crippen molar-refractivity contribution in [3.63, 3.8) is 0 Å². The zero-order valence-electron chi connectivity index (χ0n) is 14.8. The van der Waals surface area contributed by atoms with E-state index in [1.54, 1.807) is 24.3 Å². The molecule has 0 saturated heterocycles. The summed E-state index contributed by atoms with van der Waals surface area (Å²) in [6.45, 7) is 3.20. The molecule has 132 valence electrons. The zero-order valence-corrected chi connectivity index (χ0v) is 14.8. The standard InChI is InChI=1S/C19H22N2O4/c1-13-9-10-18(25-4)16(11-13)21(14(2)22)12-19(23)20-15-7-5-6-8-17(15)24-3/h5-11H,12H2,1-4H3,(H,20,23). The highest BCUT2D eigenvalue weighted by Gasteiger charge is 2.20. The molecule has 6 nitrogen and oxygen atoms in total. The van der Waals surface area contributed by atoms with Crippen LogP contribution in [0.1, 0.15) is 12.5 Å². The minimum atomic E-state index is -0.330. The van der Waals surface area contributed by atoms with E-state index in [0.29, 0.717) is 22.9 Å². The molecule has 6 heteroatoms. The highest BCUT2D eigenvalue weighted by molar-refractivity contribution is 6.03. The Labute approximate surface area is 147 Å². The van der Waals surface area contributed by atoms with Crippen molar-refractivity contribution in [2.75, 3.05) is 31.0 Å². The largest absolute Gasteiger partial charge is 0.495 e. The summed E-state index contributed by atoms with van der Waals surface area (Å²) in [7, 11) is 3.06. The summed E-state index contributed by atoms with van der Waals surface area (Å²) in [6, 6.07) is 12.6. The third kappa shape index (κ3) is 4.50. The van der Waals surface area contributed by atoms with Gasteiger partial charge in [-0.15, -0.1) is 0 Å². The second-order valence-corrected chi connectivity index (χ2v) is 5.53. The van der Waals surface area contributed by atoms with Crippen LogP contribution in [0.5, 0.6) is 11.5 Å². The van der Waals surface area contributed by atoms with Crippen LogP contribution in [0.3, 0.4) is 0 Å². The Morgan fingerprint density at radius 1 is 1.04 bits per heavy atom. The van der Waals surface area contributed by atoms with E-state index in [4.69, 9.17) is 9.47 Å². The molecule has 0 bridgehead atoms. The third-order valence-corrected chi connectivity index (χ3v) is 3.69. The maximum atomic E-state index is 12.5. The predicted molar refractivity (Wildman–Crippen MR) is 97.4 cm³/mol. The van der Waals surface area contributed by atoms with Crippen molar-refractivity contribution in [2.24, 2.45) is 0 Å². The van der Waals surface area contributed by atoms with Crippen LogP contribution in [-0.2, 0) is 9.59 Å². The topological polar surface area (TPSA) is 67.9 Å². The van der Waals surface area contributed by atoms with Crippen molar-refractivity contribution in [1.82, 2.24) is 0 Å². The lowest BCUT2D eigenvalue weighted by atomic mass is 10.2. The fourth-order valence-corrected chi connectivity index (χ4v) is 2.46. The first-order valence-electron chi connectivity index (χ1n) is 7.82. The number of amides is 2. The average Bonchev–Trinajstić information content (AvgIpc) is 2.60. The summed E-state index contributed by atoms with van der Waals surface area (Å²) in [5, 5.41) is 2.77. The van der Waals surface area contributed by atoms with Gasteiger partial charge in [-0.1, -0.05) is 18.2 Å². The molecular weight excluding hydrogens is 320 g/mol. The van der Waals surface area contributed by atoms with Crippen molar-refractivity contribution in [3.8, 4) is 11.5 Å². The van der Waals surface area contributed by atoms with Crippen LogP contribution in [-0.4, -0.2) is 32.6 Å². The van der Waals surface area contributed by atoms with Gasteiger partial charge in [0.2, 0.25) is 11.8 Å². The molecule has 1 N–H and O–H groups in total. The third-order valence-electron chi connectivity index (χ3n) is 3.69. The van der Waals surface area contributed by atoms with Crippen LogP contribution in [0.25, 0.3) is 0 Å². The molecule has 0 unspecified atom stereocenters. The molecule has 0 aliphatic carbocycles. The predicted octanol–water partition coefficient (Wildman–Crippen LogP) is 3.00. The first-order valence-corrected chi connectivity index (χ1v) is 7.82. The number of nitrogens with one attached hydrogen (secondary N) is 1. The van der Waals surface area contributed by atoms with E-state index in [1.165, 1.54) is 26.0 Å². The Morgan fingerprint density at radius 3 is 2.36 bits per heavy atom. The van der Waals surface area contributed by atoms with Gasteiger partial charge in [0, 0.05) is 6.92 Å². The van der Waals surface area contributed by atoms with E-state index in [9.17, 15) is 9.59 Å². The van der Waals surface area contributed by atoms with Gasteiger partial charge in [-0.3, -0.25) is 14.5 Å². The van der Waals surface area contributed by atoms with Crippen LogP contribution in [0, 0.1) is 6.92 Å². The smallest absolute Gasteiger partial charge is 0.244 e. The number of aryl methyl sites for hydroxylation is 1. The Hall–Kier alpha value is -3.02. The summed E-state index contributed by atoms with van der Waals surface area (Å²) in [5.74, 6) is 0.506. The molecule has 0 aliphatic rings. The molecule has 0 atom stereocenters. The number of ether oxygens (including phenoxy) is 2. The Balaban J connectivity index is 2.24. The summed E-state index contributed by atoms with van der Waals surface area (Å²) in [6.07, 6.45) is 0. The molecule has 0 spiro atoms. The van der Waals surface area contributed by atoms with E-state index in [1.807, 2.05) is 25.1 Å². The first-order chi connectivity index (χ1) is 12.0. The number of anilines is 2. The fraction of sp³-hybridized carbons (Fsp3) is 0.263. The number of methoxy groups -OCH3 is 2. The van der Waals surface area contributed by atoms with E-state index < -0.39 is 0 Å². The van der Waals surface area contributed by atoms with Crippen LogP contribution in [0.2, 0.25) is 0 Å². The van der Waals surface area contributed by atoms with Crippen molar-refractivity contribution < 1.29 is 19.1 Å². The maximum absolute atomic E-state index is 12.5. The number of carbonyl (C=O) groups excluding carboxylic acids is 2. The highest BCUT2D eigenvalue weighted by atomic mass is 16.5. The number of rotatable bonds is 6. The molecule has 2 rings (SSSR count). The fourth-order valence-electron chi connectivity index (χ4n) is 2.46. The van der Waals surface area contributed by atoms with Gasteiger partial charge < -0.3 is 14.8 Å². The van der Waals surface area contributed by atoms with Crippen molar-refractivity contribution >= 4 is 23.2 Å². The van der Waals surface area contributed by atoms with E-state index in [-0.39, 0.29) is 18.4 Å². The van der Waals surface area contributed by atoms with Crippen LogP contribution >= 0.6 is 0 Å². The number of para-hydroxylation sites is 2. The number of carbonyl (C=O) groups is 2. The summed E-state index contributed by atoms with van der Waals surface area (Å²) in [5.41, 5.74) is 2.08. The molecule has 25 heavy (non-hydrogen) atoms. The number of hydrogen-bond donors (Lipinski definition) is 1. The summed E-state index contributed by atoms with van der Waals surface area (Å²) < 4.78 is 10.5. The van der Waals surface area contributed by atoms with E-state index in [2.05, 4.69) is 5.32 Å². The van der Waals surface area contributed by atoms with E-state index in [0.717, 1.165) is 5.56 Å². The van der Waals surface area contributed by atoms with Crippen molar-refractivity contribution in [2.45, 2.75) is 13.8 Å². The maximum Gasteiger partial charge on any atom is 0.244 e. The normalized spacial score (nSPS) is 10.1. The van der Waals surface area contributed by atoms with Crippen LogP contribution in [0.4, 0.5) is 11.4 Å². The lowest BCUT2D eigenvalue weighted by molar-refractivity contribution is -0.120. The number of hydrogen-bond acceptors (Lipinski definition) is 4. The van der Waals surface area contributed by atoms with Gasteiger partial charge in [0.1, 0.15) is 18.0 Å². The number of benzene rings is 2. The Bertz CT molecular complexity index is 774. The molecule has 2 aromatic carbocycles. The minimum Gasteiger partial charge on any atom is -0.495 e. The number of nitrogens with zero attached hydrogens (tertiary/aromatic N) is 1. The van der Waals surface area contributed by atoms with Crippen molar-refractivity contribution in [1.29, 1.82) is 0 Å². The lowest BCUT2D eigenvalue weighted by Crippen LogP contribution is -2.37. The van der Waals surface area contributed by atoms with Crippen LogP contribution in [0.15, 0.2) is 42.5 Å². The summed E-state index contributed by atoms with van der Waals surface area (Å²) >= 11 is 0. The molecule has 0 aromatic heterocycles. The lowest BCUT2D eigenvalue weighted by Gasteiger charge is -2.23. The second-order valence-electron chi connectivity index (χ2n) is 5.53. The molecule has 2 amide bonds. The monoisotopic (exact) mass is 342 g/mol. The SMILES string of the molecule is COc1ccccc1NC(=O)CN(C(C)=O)c1cc(C)ccc1OC. The molecule has 0 aliphatic heterocycles. The van der Waals surface area contributed by atoms with Gasteiger partial charge in [-0.25, -0.2) is 0 Å². The zero-order chi connectivity index (χ0) is 18.4. The summed E-state index contributed by atoms with van der Waals surface area (Å²) in [4.78, 5) is 25.9. The van der Waals surface area contributed by atoms with Gasteiger partial charge in [-0.2, -0.15) is 0 Å². The molecule has 0 radical (unpaired) electrons. The highest BCUT2D eigenvalue weighted by Crippen LogP contribution is 2.30. The van der Waals surface area contributed by atoms with Gasteiger partial charge in [0.15, 0.2) is 0 Å². The Morgan fingerprint density at radius 2 is 1.72 bits per heavy atom. The minimum absolute atomic E-state index is 0.132. The molecule has 0 saturated carbocycles. The van der Waals surface area contributed by atoms with Gasteiger partial charge >= 0.3 is 0 Å². The average molecular weight is 342 g/mol. The second kappa shape index (κ2) is 8.19.